The maximum atomic E-state index is 12.0. The van der Waals surface area contributed by atoms with Crippen molar-refractivity contribution in [3.8, 4) is 11.4 Å². The molecular weight excluding hydrogens is 362 g/mol. The summed E-state index contributed by atoms with van der Waals surface area (Å²) in [6, 6.07) is 7.94. The minimum absolute atomic E-state index is 0.0108. The van der Waals surface area contributed by atoms with Crippen LogP contribution in [0.1, 0.15) is 25.5 Å². The van der Waals surface area contributed by atoms with Gasteiger partial charge in [0, 0.05) is 49.2 Å². The second-order valence-corrected chi connectivity index (χ2v) is 6.84. The van der Waals surface area contributed by atoms with Gasteiger partial charge in [-0.2, -0.15) is 0 Å². The van der Waals surface area contributed by atoms with Crippen LogP contribution in [0, 0.1) is 15.5 Å². The van der Waals surface area contributed by atoms with Crippen LogP contribution in [0.25, 0.3) is 11.4 Å². The Morgan fingerprint density at radius 1 is 1.29 bits per heavy atom. The van der Waals surface area contributed by atoms with Gasteiger partial charge in [-0.15, -0.1) is 0 Å². The zero-order chi connectivity index (χ0) is 20.1. The predicted molar refractivity (Wildman–Crippen MR) is 104 cm³/mol. The summed E-state index contributed by atoms with van der Waals surface area (Å²) in [5, 5.41) is 14.1. The number of carbonyl (C=O) groups is 1. The Morgan fingerprint density at radius 3 is 2.54 bits per heavy atom. The van der Waals surface area contributed by atoms with E-state index in [9.17, 15) is 14.9 Å². The number of rotatable bonds is 7. The van der Waals surface area contributed by atoms with E-state index in [0.717, 1.165) is 5.69 Å². The van der Waals surface area contributed by atoms with Crippen molar-refractivity contribution in [2.75, 3.05) is 25.1 Å². The highest BCUT2D eigenvalue weighted by Crippen LogP contribution is 2.31. The van der Waals surface area contributed by atoms with Gasteiger partial charge in [-0.3, -0.25) is 14.9 Å². The fourth-order valence-electron chi connectivity index (χ4n) is 3.16. The van der Waals surface area contributed by atoms with Gasteiger partial charge in [-0.05, 0) is 31.4 Å². The van der Waals surface area contributed by atoms with Gasteiger partial charge in [0.1, 0.15) is 5.82 Å². The van der Waals surface area contributed by atoms with Crippen LogP contribution in [0.5, 0.6) is 0 Å². The number of hydrogen-bond donors (Lipinski definition) is 2. The van der Waals surface area contributed by atoms with Gasteiger partial charge in [0.2, 0.25) is 5.91 Å². The Hall–Kier alpha value is -3.07. The van der Waals surface area contributed by atoms with Crippen molar-refractivity contribution in [2.24, 2.45) is 11.1 Å². The SMILES string of the molecule is CCc1cc(NCC2(C(N)=O)CCOCC2)nc(-c2ccc([N+](=O)[O-])cc2)n1. The Balaban J connectivity index is 1.84. The lowest BCUT2D eigenvalue weighted by molar-refractivity contribution is -0.384. The van der Waals surface area contributed by atoms with Crippen molar-refractivity contribution in [3.63, 3.8) is 0 Å². The summed E-state index contributed by atoms with van der Waals surface area (Å²) in [5.74, 6) is 0.716. The third-order valence-corrected chi connectivity index (χ3v) is 5.06. The molecule has 3 N–H and O–H groups in total. The van der Waals surface area contributed by atoms with Gasteiger partial charge in [-0.25, -0.2) is 9.97 Å². The molecular formula is C19H23N5O4. The molecule has 1 amide bonds. The second-order valence-electron chi connectivity index (χ2n) is 6.84. The van der Waals surface area contributed by atoms with Crippen LogP contribution < -0.4 is 11.1 Å². The third kappa shape index (κ3) is 4.25. The monoisotopic (exact) mass is 385 g/mol. The molecule has 9 nitrogen and oxygen atoms in total. The molecule has 1 saturated heterocycles. The number of nitrogens with zero attached hydrogens (tertiary/aromatic N) is 3. The zero-order valence-electron chi connectivity index (χ0n) is 15.7. The van der Waals surface area contributed by atoms with Crippen molar-refractivity contribution in [1.82, 2.24) is 9.97 Å². The van der Waals surface area contributed by atoms with Crippen LogP contribution in [0.4, 0.5) is 11.5 Å². The standard InChI is InChI=1S/C19H23N5O4/c1-2-14-11-16(21-12-19(18(20)25)7-9-28-10-8-19)23-17(22-14)13-3-5-15(6-4-13)24(26)27/h3-6,11H,2,7-10,12H2,1H3,(H2,20,25)(H,21,22,23). The minimum Gasteiger partial charge on any atom is -0.381 e. The van der Waals surface area contributed by atoms with Gasteiger partial charge in [0.25, 0.3) is 5.69 Å². The quantitative estimate of drug-likeness (QED) is 0.552. The minimum atomic E-state index is -0.664. The number of ether oxygens (including phenoxy) is 1. The highest BCUT2D eigenvalue weighted by molar-refractivity contribution is 5.81. The number of aromatic nitrogens is 2. The number of hydrogen-bond acceptors (Lipinski definition) is 7. The summed E-state index contributed by atoms with van der Waals surface area (Å²) in [5.41, 5.74) is 6.51. The molecule has 3 rings (SSSR count). The van der Waals surface area contributed by atoms with E-state index in [0.29, 0.717) is 56.2 Å². The zero-order valence-corrected chi connectivity index (χ0v) is 15.7. The number of nitro benzene ring substituents is 1. The second kappa shape index (κ2) is 8.30. The maximum Gasteiger partial charge on any atom is 0.269 e. The molecule has 0 bridgehead atoms. The molecule has 1 aromatic heterocycles. The van der Waals surface area contributed by atoms with E-state index < -0.39 is 10.3 Å². The van der Waals surface area contributed by atoms with Gasteiger partial charge in [0.05, 0.1) is 10.3 Å². The van der Waals surface area contributed by atoms with E-state index in [1.165, 1.54) is 12.1 Å². The first kappa shape index (κ1) is 19.7. The van der Waals surface area contributed by atoms with E-state index >= 15 is 0 Å². The number of nitro groups is 1. The molecule has 0 radical (unpaired) electrons. The molecule has 1 fully saturated rings. The highest BCUT2D eigenvalue weighted by Gasteiger charge is 2.38. The summed E-state index contributed by atoms with van der Waals surface area (Å²) in [4.78, 5) is 31.5. The van der Waals surface area contributed by atoms with Crippen LogP contribution in [0.15, 0.2) is 30.3 Å². The first-order valence-corrected chi connectivity index (χ1v) is 9.18. The maximum absolute atomic E-state index is 12.0. The molecule has 1 aliphatic heterocycles. The summed E-state index contributed by atoms with van der Waals surface area (Å²) < 4.78 is 5.36. The molecule has 1 aromatic carbocycles. The summed E-state index contributed by atoms with van der Waals surface area (Å²) in [7, 11) is 0. The van der Waals surface area contributed by atoms with Crippen molar-refractivity contribution in [1.29, 1.82) is 0 Å². The normalized spacial score (nSPS) is 15.8. The first-order chi connectivity index (χ1) is 13.4. The van der Waals surface area contributed by atoms with Crippen molar-refractivity contribution < 1.29 is 14.5 Å². The fourth-order valence-corrected chi connectivity index (χ4v) is 3.16. The van der Waals surface area contributed by atoms with Gasteiger partial charge in [0.15, 0.2) is 5.82 Å². The van der Waals surface area contributed by atoms with Gasteiger partial charge < -0.3 is 15.8 Å². The van der Waals surface area contributed by atoms with Crippen molar-refractivity contribution in [2.45, 2.75) is 26.2 Å². The van der Waals surface area contributed by atoms with E-state index in [4.69, 9.17) is 10.5 Å². The highest BCUT2D eigenvalue weighted by atomic mass is 16.6. The number of nitrogens with one attached hydrogen (secondary N) is 1. The number of aryl methyl sites for hydroxylation is 1. The smallest absolute Gasteiger partial charge is 0.269 e. The molecule has 28 heavy (non-hydrogen) atoms. The Bertz CT molecular complexity index is 863. The molecule has 148 valence electrons. The van der Waals surface area contributed by atoms with Crippen molar-refractivity contribution in [3.05, 3.63) is 46.1 Å². The molecule has 0 saturated carbocycles. The van der Waals surface area contributed by atoms with Crippen LogP contribution >= 0.6 is 0 Å². The number of carbonyl (C=O) groups excluding carboxylic acids is 1. The lowest BCUT2D eigenvalue weighted by atomic mass is 9.79. The Kier molecular flexibility index (Phi) is 5.84. The van der Waals surface area contributed by atoms with Crippen LogP contribution in [-0.2, 0) is 16.0 Å². The average Bonchev–Trinajstić information content (AvgIpc) is 2.72. The predicted octanol–water partition coefficient (Wildman–Crippen LogP) is 2.31. The van der Waals surface area contributed by atoms with E-state index in [-0.39, 0.29) is 11.6 Å². The van der Waals surface area contributed by atoms with Crippen LogP contribution in [0.3, 0.4) is 0 Å². The summed E-state index contributed by atoms with van der Waals surface area (Å²) in [6.07, 6.45) is 1.83. The average molecular weight is 385 g/mol. The number of amides is 1. The number of benzene rings is 1. The fraction of sp³-hybridized carbons (Fsp3) is 0.421. The number of anilines is 1. The lowest BCUT2D eigenvalue weighted by Crippen LogP contribution is -2.46. The van der Waals surface area contributed by atoms with Gasteiger partial charge in [-0.1, -0.05) is 6.92 Å². The van der Waals surface area contributed by atoms with Gasteiger partial charge >= 0.3 is 0 Å². The van der Waals surface area contributed by atoms with E-state index in [1.54, 1.807) is 12.1 Å². The Labute approximate surface area is 162 Å². The topological polar surface area (TPSA) is 133 Å². The lowest BCUT2D eigenvalue weighted by Gasteiger charge is -2.34. The number of nitrogens with two attached hydrogens (primary N) is 1. The third-order valence-electron chi connectivity index (χ3n) is 5.06. The molecule has 2 aromatic rings. The molecule has 0 aliphatic carbocycles. The first-order valence-electron chi connectivity index (χ1n) is 9.18. The molecule has 0 atom stereocenters. The molecule has 9 heteroatoms. The molecule has 0 spiro atoms. The Morgan fingerprint density at radius 2 is 1.96 bits per heavy atom. The molecule has 1 aliphatic rings. The molecule has 0 unspecified atom stereocenters. The van der Waals surface area contributed by atoms with E-state index in [2.05, 4.69) is 15.3 Å². The summed E-state index contributed by atoms with van der Waals surface area (Å²) >= 11 is 0. The molecule has 2 heterocycles. The number of non-ortho nitro benzene ring substituents is 1. The van der Waals surface area contributed by atoms with Crippen LogP contribution in [-0.4, -0.2) is 40.6 Å². The number of primary amides is 1. The van der Waals surface area contributed by atoms with Crippen LogP contribution in [0.2, 0.25) is 0 Å². The largest absolute Gasteiger partial charge is 0.381 e. The summed E-state index contributed by atoms with van der Waals surface area (Å²) in [6.45, 7) is 3.35. The van der Waals surface area contributed by atoms with E-state index in [1.807, 2.05) is 13.0 Å². The van der Waals surface area contributed by atoms with Crippen molar-refractivity contribution >= 4 is 17.4 Å².